The molecule has 1 aromatic heterocycles. The van der Waals surface area contributed by atoms with Gasteiger partial charge in [-0.3, -0.25) is 0 Å². The van der Waals surface area contributed by atoms with Gasteiger partial charge in [0.05, 0.1) is 12.7 Å². The molecule has 4 nitrogen and oxygen atoms in total. The lowest BCUT2D eigenvalue weighted by Gasteiger charge is -2.20. The van der Waals surface area contributed by atoms with E-state index in [2.05, 4.69) is 4.98 Å². The molecule has 0 unspecified atom stereocenters. The summed E-state index contributed by atoms with van der Waals surface area (Å²) < 4.78 is 43.4. The van der Waals surface area contributed by atoms with Crippen LogP contribution in [0.4, 0.5) is 30.5 Å². The van der Waals surface area contributed by atoms with Gasteiger partial charge in [0.2, 0.25) is 0 Å². The summed E-state index contributed by atoms with van der Waals surface area (Å²) >= 11 is 0. The van der Waals surface area contributed by atoms with Gasteiger partial charge in [-0.05, 0) is 36.4 Å². The van der Waals surface area contributed by atoms with Gasteiger partial charge >= 0.3 is 6.18 Å². The van der Waals surface area contributed by atoms with Gasteiger partial charge in [0.25, 0.3) is 0 Å². The van der Waals surface area contributed by atoms with Gasteiger partial charge in [0, 0.05) is 12.7 Å². The predicted molar refractivity (Wildman–Crippen MR) is 74.7 cm³/mol. The van der Waals surface area contributed by atoms with Gasteiger partial charge in [0.15, 0.2) is 0 Å². The van der Waals surface area contributed by atoms with E-state index in [1.54, 1.807) is 31.3 Å². The SMILES string of the molecule is COc1ccc(N(C)c2cc(C(F)(F)F)cc(N)n2)cc1. The molecule has 2 N–H and O–H groups in total. The number of anilines is 3. The van der Waals surface area contributed by atoms with Gasteiger partial charge < -0.3 is 15.4 Å². The zero-order chi connectivity index (χ0) is 15.6. The first-order valence-electron chi connectivity index (χ1n) is 6.04. The molecule has 0 saturated carbocycles. The van der Waals surface area contributed by atoms with Gasteiger partial charge in [-0.2, -0.15) is 13.2 Å². The largest absolute Gasteiger partial charge is 0.497 e. The molecule has 0 spiro atoms. The Morgan fingerprint density at radius 2 is 1.76 bits per heavy atom. The van der Waals surface area contributed by atoms with Crippen LogP contribution in [0.25, 0.3) is 0 Å². The lowest BCUT2D eigenvalue weighted by atomic mass is 10.2. The van der Waals surface area contributed by atoms with E-state index in [0.717, 1.165) is 12.1 Å². The Labute approximate surface area is 120 Å². The minimum atomic E-state index is -4.47. The van der Waals surface area contributed by atoms with E-state index in [4.69, 9.17) is 10.5 Å². The van der Waals surface area contributed by atoms with Gasteiger partial charge in [-0.1, -0.05) is 0 Å². The molecule has 1 aromatic carbocycles. The summed E-state index contributed by atoms with van der Waals surface area (Å²) in [5.74, 6) is 0.594. The van der Waals surface area contributed by atoms with Crippen LogP contribution in [0.5, 0.6) is 5.75 Å². The van der Waals surface area contributed by atoms with Crippen molar-refractivity contribution in [1.29, 1.82) is 0 Å². The summed E-state index contributed by atoms with van der Waals surface area (Å²) in [6.07, 6.45) is -4.47. The molecule has 112 valence electrons. The molecule has 0 atom stereocenters. The van der Waals surface area contributed by atoms with E-state index >= 15 is 0 Å². The molecule has 2 rings (SSSR count). The normalized spacial score (nSPS) is 11.3. The Bertz CT molecular complexity index is 626. The standard InChI is InChI=1S/C14H14F3N3O/c1-20(10-3-5-11(21-2)6-4-10)13-8-9(14(15,16)17)7-12(18)19-13/h3-8H,1-2H3,(H2,18,19). The molecule has 0 saturated heterocycles. The molecule has 21 heavy (non-hydrogen) atoms. The van der Waals surface area contributed by atoms with E-state index in [1.165, 1.54) is 12.0 Å². The Morgan fingerprint density at radius 1 is 1.14 bits per heavy atom. The second kappa shape index (κ2) is 5.51. The zero-order valence-electron chi connectivity index (χ0n) is 11.5. The third-order valence-electron chi connectivity index (χ3n) is 2.96. The molecule has 0 aliphatic rings. The fourth-order valence-corrected chi connectivity index (χ4v) is 1.81. The average Bonchev–Trinajstić information content (AvgIpc) is 2.45. The van der Waals surface area contributed by atoms with Crippen LogP contribution in [-0.2, 0) is 6.18 Å². The fourth-order valence-electron chi connectivity index (χ4n) is 1.81. The molecule has 2 aromatic rings. The number of methoxy groups -OCH3 is 1. The summed E-state index contributed by atoms with van der Waals surface area (Å²) in [5, 5.41) is 0. The maximum Gasteiger partial charge on any atom is 0.416 e. The van der Waals surface area contributed by atoms with Crippen molar-refractivity contribution < 1.29 is 17.9 Å². The molecular formula is C14H14F3N3O. The summed E-state index contributed by atoms with van der Waals surface area (Å²) in [5.41, 5.74) is 5.30. The van der Waals surface area contributed by atoms with Crippen molar-refractivity contribution in [3.63, 3.8) is 0 Å². The molecule has 0 aliphatic carbocycles. The van der Waals surface area contributed by atoms with Crippen molar-refractivity contribution in [2.75, 3.05) is 24.8 Å². The monoisotopic (exact) mass is 297 g/mol. The topological polar surface area (TPSA) is 51.4 Å². The Balaban J connectivity index is 2.38. The quantitative estimate of drug-likeness (QED) is 0.942. The predicted octanol–water partition coefficient (Wildman–Crippen LogP) is 3.46. The van der Waals surface area contributed by atoms with E-state index in [1.807, 2.05) is 0 Å². The maximum atomic E-state index is 12.8. The number of aromatic nitrogens is 1. The van der Waals surface area contributed by atoms with Crippen LogP contribution in [-0.4, -0.2) is 19.1 Å². The number of nitrogens with zero attached hydrogens (tertiary/aromatic N) is 2. The first-order valence-corrected chi connectivity index (χ1v) is 6.04. The van der Waals surface area contributed by atoms with Crippen molar-refractivity contribution in [2.45, 2.75) is 6.18 Å². The second-order valence-electron chi connectivity index (χ2n) is 4.39. The number of nitrogens with two attached hydrogens (primary N) is 1. The first kappa shape index (κ1) is 15.0. The van der Waals surface area contributed by atoms with Crippen molar-refractivity contribution in [3.05, 3.63) is 42.0 Å². The molecule has 0 amide bonds. The molecule has 7 heteroatoms. The lowest BCUT2D eigenvalue weighted by molar-refractivity contribution is -0.137. The van der Waals surface area contributed by atoms with Crippen LogP contribution in [0.15, 0.2) is 36.4 Å². The summed E-state index contributed by atoms with van der Waals surface area (Å²) in [7, 11) is 3.15. The van der Waals surface area contributed by atoms with Crippen molar-refractivity contribution in [2.24, 2.45) is 0 Å². The van der Waals surface area contributed by atoms with Gasteiger partial charge in [-0.25, -0.2) is 4.98 Å². The van der Waals surface area contributed by atoms with E-state index < -0.39 is 11.7 Å². The number of hydrogen-bond donors (Lipinski definition) is 1. The van der Waals surface area contributed by atoms with Crippen LogP contribution in [0.3, 0.4) is 0 Å². The van der Waals surface area contributed by atoms with Crippen LogP contribution >= 0.6 is 0 Å². The third-order valence-corrected chi connectivity index (χ3v) is 2.96. The molecule has 1 heterocycles. The first-order chi connectivity index (χ1) is 9.81. The number of halogens is 3. The van der Waals surface area contributed by atoms with E-state index in [9.17, 15) is 13.2 Å². The average molecular weight is 297 g/mol. The Hall–Kier alpha value is -2.44. The molecule has 0 fully saturated rings. The van der Waals surface area contributed by atoms with Crippen molar-refractivity contribution in [3.8, 4) is 5.75 Å². The summed E-state index contributed by atoms with van der Waals surface area (Å²) in [6, 6.07) is 8.63. The minimum Gasteiger partial charge on any atom is -0.497 e. The highest BCUT2D eigenvalue weighted by atomic mass is 19.4. The lowest BCUT2D eigenvalue weighted by Crippen LogP contribution is -2.14. The van der Waals surface area contributed by atoms with Crippen LogP contribution in [0, 0.1) is 0 Å². The Kier molecular flexibility index (Phi) is 3.93. The highest BCUT2D eigenvalue weighted by Crippen LogP contribution is 2.33. The van der Waals surface area contributed by atoms with Crippen LogP contribution in [0.2, 0.25) is 0 Å². The number of ether oxygens (including phenoxy) is 1. The molecular weight excluding hydrogens is 283 g/mol. The summed E-state index contributed by atoms with van der Waals surface area (Å²) in [6.45, 7) is 0. The van der Waals surface area contributed by atoms with Crippen LogP contribution < -0.4 is 15.4 Å². The number of nitrogen functional groups attached to an aromatic ring is 1. The number of alkyl halides is 3. The number of rotatable bonds is 3. The third kappa shape index (κ3) is 3.36. The zero-order valence-corrected chi connectivity index (χ0v) is 11.5. The number of hydrogen-bond acceptors (Lipinski definition) is 4. The van der Waals surface area contributed by atoms with E-state index in [-0.39, 0.29) is 11.6 Å². The van der Waals surface area contributed by atoms with Crippen LogP contribution in [0.1, 0.15) is 5.56 Å². The Morgan fingerprint density at radius 3 is 2.29 bits per heavy atom. The maximum absolute atomic E-state index is 12.8. The fraction of sp³-hybridized carbons (Fsp3) is 0.214. The second-order valence-corrected chi connectivity index (χ2v) is 4.39. The summed E-state index contributed by atoms with van der Waals surface area (Å²) in [4.78, 5) is 5.46. The number of pyridine rings is 1. The van der Waals surface area contributed by atoms with Gasteiger partial charge in [0.1, 0.15) is 17.4 Å². The van der Waals surface area contributed by atoms with Gasteiger partial charge in [-0.15, -0.1) is 0 Å². The molecule has 0 aliphatic heterocycles. The van der Waals surface area contributed by atoms with E-state index in [0.29, 0.717) is 11.4 Å². The minimum absolute atomic E-state index is 0.118. The highest BCUT2D eigenvalue weighted by Gasteiger charge is 2.31. The smallest absolute Gasteiger partial charge is 0.416 e. The molecule has 0 bridgehead atoms. The molecule has 0 radical (unpaired) electrons. The van der Waals surface area contributed by atoms with Crippen molar-refractivity contribution in [1.82, 2.24) is 4.98 Å². The van der Waals surface area contributed by atoms with Crippen molar-refractivity contribution >= 4 is 17.3 Å². The number of benzene rings is 1. The highest BCUT2D eigenvalue weighted by molar-refractivity contribution is 5.62.